The molecule has 0 saturated carbocycles. The average Bonchev–Trinajstić information content (AvgIpc) is 3.28. The minimum absolute atomic E-state index is 0.0580. The van der Waals surface area contributed by atoms with Crippen molar-refractivity contribution in [3.05, 3.63) is 83.1 Å². The summed E-state index contributed by atoms with van der Waals surface area (Å²) in [7, 11) is 0. The third kappa shape index (κ3) is 4.82. The lowest BCUT2D eigenvalue weighted by molar-refractivity contribution is 0.0933. The third-order valence-electron chi connectivity index (χ3n) is 5.48. The van der Waals surface area contributed by atoms with E-state index in [-0.39, 0.29) is 11.5 Å². The second kappa shape index (κ2) is 9.51. The zero-order valence-corrected chi connectivity index (χ0v) is 19.6. The van der Waals surface area contributed by atoms with Gasteiger partial charge in [0.1, 0.15) is 0 Å². The van der Waals surface area contributed by atoms with Gasteiger partial charge >= 0.3 is 0 Å². The first-order chi connectivity index (χ1) is 17.0. The number of hydrogen-bond acceptors (Lipinski definition) is 8. The number of nitrogens with zero attached hydrogens (tertiary/aromatic N) is 6. The minimum Gasteiger partial charge on any atom is -0.382 e. The standard InChI is InChI=1S/C24H22ClN9O/c1-14(28-24(35)21-22(26)27-13-18(30-21)15-6-3-2-4-7-15)23-32-31-20-11-10-19(33-34(20)23)29-17-9-5-8-16(25)12-17/h2-3,5-6,8-14H,4,7H2,1H3,(H2,26,27)(H,28,35)(H,29,33)/t14-/m1/s1. The molecule has 1 atom stereocenters. The van der Waals surface area contributed by atoms with Gasteiger partial charge in [0.25, 0.3) is 5.91 Å². The Balaban J connectivity index is 1.37. The van der Waals surface area contributed by atoms with E-state index < -0.39 is 11.9 Å². The van der Waals surface area contributed by atoms with Crippen LogP contribution in [0, 0.1) is 0 Å². The molecule has 1 amide bonds. The van der Waals surface area contributed by atoms with Crippen LogP contribution >= 0.6 is 11.6 Å². The number of benzene rings is 1. The summed E-state index contributed by atoms with van der Waals surface area (Å²) in [5, 5.41) is 19.6. The van der Waals surface area contributed by atoms with Crippen LogP contribution in [-0.2, 0) is 0 Å². The Kier molecular flexibility index (Phi) is 6.11. The summed E-state index contributed by atoms with van der Waals surface area (Å²) in [6.45, 7) is 1.79. The fourth-order valence-electron chi connectivity index (χ4n) is 3.72. The molecule has 1 aliphatic carbocycles. The Bertz CT molecular complexity index is 1480. The lowest BCUT2D eigenvalue weighted by Crippen LogP contribution is -2.30. The van der Waals surface area contributed by atoms with E-state index in [4.69, 9.17) is 17.3 Å². The summed E-state index contributed by atoms with van der Waals surface area (Å²) in [6, 6.07) is 10.3. The molecule has 10 nitrogen and oxygen atoms in total. The van der Waals surface area contributed by atoms with E-state index in [2.05, 4.69) is 42.0 Å². The van der Waals surface area contributed by atoms with Gasteiger partial charge in [-0.25, -0.2) is 9.97 Å². The van der Waals surface area contributed by atoms with Crippen molar-refractivity contribution in [1.29, 1.82) is 0 Å². The maximum absolute atomic E-state index is 13.1. The van der Waals surface area contributed by atoms with Crippen LogP contribution in [0.1, 0.15) is 47.8 Å². The van der Waals surface area contributed by atoms with Crippen LogP contribution in [0.3, 0.4) is 0 Å². The molecule has 0 saturated heterocycles. The van der Waals surface area contributed by atoms with Crippen molar-refractivity contribution in [2.45, 2.75) is 25.8 Å². The van der Waals surface area contributed by atoms with Crippen LogP contribution in [0.2, 0.25) is 5.02 Å². The van der Waals surface area contributed by atoms with Crippen molar-refractivity contribution in [3.63, 3.8) is 0 Å². The molecule has 4 N–H and O–H groups in total. The number of nitrogens with one attached hydrogen (secondary N) is 2. The van der Waals surface area contributed by atoms with Gasteiger partial charge in [-0.1, -0.05) is 35.9 Å². The number of anilines is 3. The summed E-state index contributed by atoms with van der Waals surface area (Å²) in [5.41, 5.74) is 9.01. The summed E-state index contributed by atoms with van der Waals surface area (Å²) in [4.78, 5) is 21.7. The van der Waals surface area contributed by atoms with Crippen molar-refractivity contribution in [2.75, 3.05) is 11.1 Å². The number of amides is 1. The highest BCUT2D eigenvalue weighted by Crippen LogP contribution is 2.23. The van der Waals surface area contributed by atoms with E-state index in [0.717, 1.165) is 24.1 Å². The third-order valence-corrected chi connectivity index (χ3v) is 5.71. The second-order valence-corrected chi connectivity index (χ2v) is 8.46. The maximum Gasteiger partial charge on any atom is 0.274 e. The Morgan fingerprint density at radius 3 is 2.91 bits per heavy atom. The van der Waals surface area contributed by atoms with E-state index in [0.29, 0.717) is 28.0 Å². The Labute approximate surface area is 206 Å². The number of aromatic nitrogens is 6. The normalized spacial score (nSPS) is 13.9. The molecule has 11 heteroatoms. The summed E-state index contributed by atoms with van der Waals surface area (Å²) in [6.07, 6.45) is 9.35. The number of nitrogen functional groups attached to an aromatic ring is 1. The number of carbonyl (C=O) groups is 1. The van der Waals surface area contributed by atoms with E-state index >= 15 is 0 Å². The highest BCUT2D eigenvalue weighted by Gasteiger charge is 2.21. The molecule has 0 fully saturated rings. The Hall–Kier alpha value is -4.31. The smallest absolute Gasteiger partial charge is 0.274 e. The Morgan fingerprint density at radius 1 is 1.23 bits per heavy atom. The van der Waals surface area contributed by atoms with E-state index in [1.807, 2.05) is 24.3 Å². The van der Waals surface area contributed by atoms with Gasteiger partial charge in [0.05, 0.1) is 17.9 Å². The molecule has 0 spiro atoms. The molecule has 0 unspecified atom stereocenters. The summed E-state index contributed by atoms with van der Waals surface area (Å²) in [5.74, 6) is 0.617. The first-order valence-electron chi connectivity index (χ1n) is 11.0. The predicted octanol–water partition coefficient (Wildman–Crippen LogP) is 4.12. The topological polar surface area (TPSA) is 136 Å². The molecule has 176 valence electrons. The van der Waals surface area contributed by atoms with Crippen molar-refractivity contribution in [2.24, 2.45) is 0 Å². The van der Waals surface area contributed by atoms with Crippen molar-refractivity contribution >= 4 is 46.1 Å². The molecule has 35 heavy (non-hydrogen) atoms. The van der Waals surface area contributed by atoms with Crippen molar-refractivity contribution < 1.29 is 4.79 Å². The quantitative estimate of drug-likeness (QED) is 0.369. The molecule has 0 bridgehead atoms. The largest absolute Gasteiger partial charge is 0.382 e. The van der Waals surface area contributed by atoms with E-state index in [9.17, 15) is 4.79 Å². The molecule has 4 aromatic rings. The lowest BCUT2D eigenvalue weighted by atomic mass is 10.0. The van der Waals surface area contributed by atoms with Gasteiger partial charge in [-0.15, -0.1) is 15.3 Å². The molecule has 3 heterocycles. The molecule has 3 aromatic heterocycles. The van der Waals surface area contributed by atoms with Crippen LogP contribution in [0.25, 0.3) is 11.2 Å². The van der Waals surface area contributed by atoms with Gasteiger partial charge < -0.3 is 16.4 Å². The van der Waals surface area contributed by atoms with Gasteiger partial charge in [0.15, 0.2) is 28.8 Å². The number of halogens is 1. The summed E-state index contributed by atoms with van der Waals surface area (Å²) < 4.78 is 1.57. The predicted molar refractivity (Wildman–Crippen MR) is 134 cm³/mol. The number of nitrogens with two attached hydrogens (primary N) is 1. The van der Waals surface area contributed by atoms with E-state index in [1.54, 1.807) is 41.9 Å². The minimum atomic E-state index is -0.534. The molecule has 0 radical (unpaired) electrons. The fourth-order valence-corrected chi connectivity index (χ4v) is 3.91. The maximum atomic E-state index is 13.1. The van der Waals surface area contributed by atoms with Gasteiger partial charge in [-0.05, 0) is 55.7 Å². The monoisotopic (exact) mass is 487 g/mol. The lowest BCUT2D eigenvalue weighted by Gasteiger charge is -2.14. The van der Waals surface area contributed by atoms with Crippen LogP contribution in [0.4, 0.5) is 17.3 Å². The number of fused-ring (bicyclic) bond motifs is 1. The zero-order chi connectivity index (χ0) is 24.4. The number of allylic oxidation sites excluding steroid dienone is 4. The molecule has 0 aliphatic heterocycles. The second-order valence-electron chi connectivity index (χ2n) is 8.03. The molecule has 5 rings (SSSR count). The molecule has 1 aliphatic rings. The van der Waals surface area contributed by atoms with Crippen molar-refractivity contribution in [3.8, 4) is 0 Å². The molecule has 1 aromatic carbocycles. The average molecular weight is 488 g/mol. The first-order valence-corrected chi connectivity index (χ1v) is 11.4. The van der Waals surface area contributed by atoms with Gasteiger partial charge in [-0.3, -0.25) is 4.79 Å². The molecular weight excluding hydrogens is 466 g/mol. The van der Waals surface area contributed by atoms with Gasteiger partial charge in [-0.2, -0.15) is 4.52 Å². The first kappa shape index (κ1) is 22.5. The zero-order valence-electron chi connectivity index (χ0n) is 18.8. The van der Waals surface area contributed by atoms with Crippen LogP contribution < -0.4 is 16.4 Å². The Morgan fingerprint density at radius 2 is 2.11 bits per heavy atom. The molecular formula is C24H22ClN9O. The SMILES string of the molecule is C[C@@H](NC(=O)c1nc(C2=CC=CCC2)cnc1N)c1nnc2ccc(Nc3cccc(Cl)c3)nn12. The summed E-state index contributed by atoms with van der Waals surface area (Å²) >= 11 is 6.07. The van der Waals surface area contributed by atoms with Gasteiger partial charge in [0, 0.05) is 10.7 Å². The van der Waals surface area contributed by atoms with Crippen LogP contribution in [0.15, 0.2) is 60.8 Å². The number of rotatable bonds is 6. The van der Waals surface area contributed by atoms with Crippen molar-refractivity contribution in [1.82, 2.24) is 35.1 Å². The van der Waals surface area contributed by atoms with Gasteiger partial charge in [0.2, 0.25) is 0 Å². The highest BCUT2D eigenvalue weighted by molar-refractivity contribution is 6.30. The highest BCUT2D eigenvalue weighted by atomic mass is 35.5. The van der Waals surface area contributed by atoms with Crippen LogP contribution in [0.5, 0.6) is 0 Å². The number of hydrogen-bond donors (Lipinski definition) is 3. The number of carbonyl (C=O) groups excluding carboxylic acids is 1. The van der Waals surface area contributed by atoms with E-state index in [1.165, 1.54) is 0 Å². The fraction of sp³-hybridized carbons (Fsp3) is 0.167. The van der Waals surface area contributed by atoms with Crippen LogP contribution in [-0.4, -0.2) is 35.7 Å².